The van der Waals surface area contributed by atoms with Crippen molar-refractivity contribution < 1.29 is 51.0 Å². The fraction of sp³-hybridized carbons (Fsp3) is 0.458. The summed E-state index contributed by atoms with van der Waals surface area (Å²) in [6, 6.07) is 12.6. The maximum Gasteiger partial charge on any atom is 3.00 e. The molecule has 0 spiro atoms. The maximum absolute atomic E-state index is 6.84. The van der Waals surface area contributed by atoms with Gasteiger partial charge in [0.1, 0.15) is 0 Å². The number of rotatable bonds is 5. The average Bonchev–Trinajstić information content (AvgIpc) is 2.97. The van der Waals surface area contributed by atoms with Crippen LogP contribution in [0.4, 0.5) is 5.69 Å². The molecule has 0 aromatic heterocycles. The van der Waals surface area contributed by atoms with Crippen LogP contribution in [0.1, 0.15) is 34.1 Å². The molecule has 2 nitrogen and oxygen atoms in total. The van der Waals surface area contributed by atoms with Crippen molar-refractivity contribution in [2.24, 2.45) is 0 Å². The quantitative estimate of drug-likeness (QED) is 0.375. The zero-order valence-electron chi connectivity index (χ0n) is 20.0. The van der Waals surface area contributed by atoms with Gasteiger partial charge in [-0.25, -0.2) is 0 Å². The third-order valence-corrected chi connectivity index (χ3v) is 11.0. The second-order valence-corrected chi connectivity index (χ2v) is 19.2. The van der Waals surface area contributed by atoms with Gasteiger partial charge in [0.15, 0.2) is 0 Å². The molecule has 0 saturated carbocycles. The fourth-order valence-corrected chi connectivity index (χ4v) is 10.4. The summed E-state index contributed by atoms with van der Waals surface area (Å²) in [6.45, 7) is 18.5. The Morgan fingerprint density at radius 1 is 1.06 bits per heavy atom. The van der Waals surface area contributed by atoms with E-state index in [0.29, 0.717) is 0 Å². The molecule has 1 atom stereocenters. The van der Waals surface area contributed by atoms with Crippen LogP contribution in [0.15, 0.2) is 30.3 Å². The summed E-state index contributed by atoms with van der Waals surface area (Å²) in [5.41, 5.74) is 1.31. The molecule has 4 rings (SSSR count). The zero-order valence-corrected chi connectivity index (χ0v) is 25.0. The van der Waals surface area contributed by atoms with Crippen molar-refractivity contribution in [3.63, 3.8) is 0 Å². The first kappa shape index (κ1) is 28.7. The van der Waals surface area contributed by atoms with Crippen LogP contribution in [0.3, 0.4) is 0 Å². The summed E-state index contributed by atoms with van der Waals surface area (Å²) in [6.07, 6.45) is 1.25. The molecule has 7 heteroatoms. The summed E-state index contributed by atoms with van der Waals surface area (Å²) in [4.78, 5) is 0. The van der Waals surface area contributed by atoms with Crippen LogP contribution >= 0.6 is 0 Å². The minimum atomic E-state index is -1.77. The third-order valence-electron chi connectivity index (χ3n) is 5.72. The minimum absolute atomic E-state index is 0. The molecule has 0 amide bonds. The Labute approximate surface area is 217 Å². The van der Waals surface area contributed by atoms with Crippen LogP contribution in [0, 0.1) is 0 Å². The first-order chi connectivity index (χ1) is 13.0. The van der Waals surface area contributed by atoms with Gasteiger partial charge in [-0.3, -0.25) is 0 Å². The van der Waals surface area contributed by atoms with E-state index in [-0.39, 0.29) is 52.1 Å². The minimum Gasteiger partial charge on any atom is -1.00 e. The summed E-state index contributed by atoms with van der Waals surface area (Å²) in [5.74, 6) is 1.12. The van der Waals surface area contributed by atoms with Crippen LogP contribution in [0.25, 0.3) is 21.5 Å². The molecule has 167 valence electrons. The van der Waals surface area contributed by atoms with E-state index in [1.807, 2.05) is 0 Å². The van der Waals surface area contributed by atoms with Gasteiger partial charge in [-0.2, -0.15) is 0 Å². The van der Waals surface area contributed by atoms with E-state index in [1.54, 1.807) is 10.4 Å². The zero-order chi connectivity index (χ0) is 20.5. The van der Waals surface area contributed by atoms with E-state index in [0.717, 1.165) is 5.75 Å². The van der Waals surface area contributed by atoms with Gasteiger partial charge < -0.3 is 34.6 Å². The standard InChI is InChI=1S/C24H34NOSi2.2ClH.Ti/c1-9-14-28(8)22-18-15-16-12-10-11-13-17(16)19(18)21(26-27(5,6)7)20(23(22)28)25-24(2,3)4;;;/h10-13,15,25H,9,14H2,1-8H3;2*1H;/q-1;;;+3/p-2. The molecule has 3 aromatic rings. The predicted molar refractivity (Wildman–Crippen MR) is 130 cm³/mol. The van der Waals surface area contributed by atoms with Crippen molar-refractivity contribution in [2.45, 2.75) is 71.9 Å². The SMILES string of the molecule is CCC[Si]1(C)c2c(NC(C)(C)C)c(O[Si](C)(C)C)c3c([cH-]c4ccccc43)c21.[Cl-].[Cl-].[Ti+3]. The monoisotopic (exact) mass is 526 g/mol. The molecule has 1 heterocycles. The Bertz CT molecular complexity index is 1090. The smallest absolute Gasteiger partial charge is 1.00 e. The van der Waals surface area contributed by atoms with Crippen LogP contribution < -0.4 is 44.9 Å². The Balaban J connectivity index is 0.00000160. The number of hydrogen-bond acceptors (Lipinski definition) is 2. The molecule has 0 saturated heterocycles. The van der Waals surface area contributed by atoms with Crippen molar-refractivity contribution in [3.8, 4) is 5.75 Å². The van der Waals surface area contributed by atoms with E-state index >= 15 is 0 Å². The van der Waals surface area contributed by atoms with Crippen LogP contribution in [-0.2, 0) is 21.7 Å². The Morgan fingerprint density at radius 2 is 1.68 bits per heavy atom. The van der Waals surface area contributed by atoms with Gasteiger partial charge in [0.25, 0.3) is 0 Å². The molecule has 0 fully saturated rings. The first-order valence-corrected chi connectivity index (χ1v) is 16.7. The van der Waals surface area contributed by atoms with Gasteiger partial charge in [-0.1, -0.05) is 54.7 Å². The normalized spacial score (nSPS) is 17.3. The van der Waals surface area contributed by atoms with E-state index < -0.39 is 16.4 Å². The Morgan fingerprint density at radius 3 is 2.23 bits per heavy atom. The predicted octanol–water partition coefficient (Wildman–Crippen LogP) is 0.0577. The summed E-state index contributed by atoms with van der Waals surface area (Å²) < 4.78 is 6.84. The van der Waals surface area contributed by atoms with Gasteiger partial charge in [-0.15, -0.1) is 33.5 Å². The van der Waals surface area contributed by atoms with E-state index in [2.05, 4.69) is 89.5 Å². The van der Waals surface area contributed by atoms with Gasteiger partial charge in [-0.05, 0) is 40.4 Å². The average molecular weight is 527 g/mol. The van der Waals surface area contributed by atoms with Gasteiger partial charge in [0, 0.05) is 5.54 Å². The molecule has 1 radical (unpaired) electrons. The van der Waals surface area contributed by atoms with Crippen LogP contribution in [0.5, 0.6) is 5.75 Å². The van der Waals surface area contributed by atoms with E-state index in [9.17, 15) is 0 Å². The number of hydrogen-bond donors (Lipinski definition) is 1. The third kappa shape index (κ3) is 5.10. The number of anilines is 1. The number of halogens is 2. The van der Waals surface area contributed by atoms with E-state index in [1.165, 1.54) is 39.7 Å². The molecule has 0 aliphatic carbocycles. The molecule has 3 aromatic carbocycles. The Kier molecular flexibility index (Phi) is 8.77. The molecule has 1 aliphatic heterocycles. The molecular weight excluding hydrogens is 493 g/mol. The second kappa shape index (κ2) is 9.48. The summed E-state index contributed by atoms with van der Waals surface area (Å²) in [7, 11) is -3.32. The van der Waals surface area contributed by atoms with Crippen molar-refractivity contribution in [2.75, 3.05) is 5.32 Å². The molecule has 1 unspecified atom stereocenters. The molecular formula is C24H34Cl2NOSi2Ti. The van der Waals surface area contributed by atoms with Gasteiger partial charge in [0.2, 0.25) is 8.32 Å². The topological polar surface area (TPSA) is 21.3 Å². The first-order valence-electron chi connectivity index (χ1n) is 10.6. The van der Waals surface area contributed by atoms with Crippen molar-refractivity contribution in [1.82, 2.24) is 0 Å². The fourth-order valence-electron chi connectivity index (χ4n) is 4.80. The van der Waals surface area contributed by atoms with Crippen molar-refractivity contribution in [3.05, 3.63) is 30.3 Å². The number of nitrogens with one attached hydrogen (secondary N) is 1. The second-order valence-electron chi connectivity index (χ2n) is 10.6. The largest absolute Gasteiger partial charge is 3.00 e. The summed E-state index contributed by atoms with van der Waals surface area (Å²) >= 11 is 0. The van der Waals surface area contributed by atoms with Crippen LogP contribution in [0.2, 0.25) is 32.2 Å². The molecule has 1 N–H and O–H groups in total. The van der Waals surface area contributed by atoms with Gasteiger partial charge in [0.05, 0.1) is 19.5 Å². The van der Waals surface area contributed by atoms with Crippen molar-refractivity contribution in [1.29, 1.82) is 0 Å². The van der Waals surface area contributed by atoms with E-state index in [4.69, 9.17) is 4.43 Å². The maximum atomic E-state index is 6.84. The van der Waals surface area contributed by atoms with Gasteiger partial charge >= 0.3 is 21.7 Å². The summed E-state index contributed by atoms with van der Waals surface area (Å²) in [5, 5.41) is 12.7. The molecule has 0 bridgehead atoms. The molecule has 31 heavy (non-hydrogen) atoms. The number of benzene rings is 2. The Hall–Kier alpha value is -0.362. The van der Waals surface area contributed by atoms with Crippen LogP contribution in [-0.4, -0.2) is 21.9 Å². The van der Waals surface area contributed by atoms with Crippen molar-refractivity contribution >= 4 is 54.0 Å². The molecule has 1 aliphatic rings. The number of fused-ring (bicyclic) bond motifs is 5.